The Labute approximate surface area is 393 Å². The van der Waals surface area contributed by atoms with E-state index in [-0.39, 0.29) is 21.7 Å². The summed E-state index contributed by atoms with van der Waals surface area (Å²) in [6, 6.07) is 55.4. The van der Waals surface area contributed by atoms with Crippen LogP contribution in [0.4, 0.5) is 0 Å². The van der Waals surface area contributed by atoms with Crippen LogP contribution in [0.25, 0.3) is 87.6 Å². The van der Waals surface area contributed by atoms with E-state index >= 15 is 0 Å². The molecule has 0 aromatic heterocycles. The van der Waals surface area contributed by atoms with Gasteiger partial charge in [0, 0.05) is 0 Å². The van der Waals surface area contributed by atoms with Crippen molar-refractivity contribution in [3.8, 4) is 56.0 Å². The van der Waals surface area contributed by atoms with Gasteiger partial charge < -0.3 is 9.47 Å². The highest BCUT2D eigenvalue weighted by Gasteiger charge is 2.26. The van der Waals surface area contributed by atoms with E-state index in [0.29, 0.717) is 0 Å². The molecular weight excluding hydrogens is 801 g/mol. The summed E-state index contributed by atoms with van der Waals surface area (Å²) in [5, 5.41) is 10.1. The molecule has 9 aromatic rings. The molecule has 9 rings (SSSR count). The zero-order valence-electron chi connectivity index (χ0n) is 41.7. The van der Waals surface area contributed by atoms with Gasteiger partial charge in [0.15, 0.2) is 0 Å². The molecule has 2 heteroatoms. The first-order valence-corrected chi connectivity index (χ1v) is 23.6. The minimum absolute atomic E-state index is 0.0248. The Hall–Kier alpha value is -6.38. The molecule has 2 nitrogen and oxygen atoms in total. The zero-order valence-corrected chi connectivity index (χ0v) is 41.7. The lowest BCUT2D eigenvalue weighted by atomic mass is 9.78. The Morgan fingerprint density at radius 2 is 0.439 bits per heavy atom. The van der Waals surface area contributed by atoms with Crippen LogP contribution in [-0.2, 0) is 21.7 Å². The van der Waals surface area contributed by atoms with E-state index in [1.54, 1.807) is 14.2 Å². The van der Waals surface area contributed by atoms with Crippen LogP contribution in [0.15, 0.2) is 146 Å². The van der Waals surface area contributed by atoms with Crippen LogP contribution >= 0.6 is 0 Å². The molecule has 0 aliphatic rings. The van der Waals surface area contributed by atoms with E-state index in [1.165, 1.54) is 110 Å². The Balaban J connectivity index is 1.41. The number of rotatable bonds is 6. The topological polar surface area (TPSA) is 18.5 Å². The molecule has 0 heterocycles. The van der Waals surface area contributed by atoms with Crippen molar-refractivity contribution in [3.05, 3.63) is 168 Å². The number of methoxy groups -OCH3 is 2. The lowest BCUT2D eigenvalue weighted by Crippen LogP contribution is -2.11. The smallest absolute Gasteiger partial charge is 0.118 e. The van der Waals surface area contributed by atoms with Crippen LogP contribution in [0.5, 0.6) is 11.5 Å². The van der Waals surface area contributed by atoms with Gasteiger partial charge in [0.05, 0.1) is 14.2 Å². The average molecular weight is 867 g/mol. The second-order valence-electron chi connectivity index (χ2n) is 22.6. The van der Waals surface area contributed by atoms with Crippen molar-refractivity contribution in [3.63, 3.8) is 0 Å². The third-order valence-electron chi connectivity index (χ3n) is 13.9. The lowest BCUT2D eigenvalue weighted by Gasteiger charge is -2.26. The maximum absolute atomic E-state index is 5.70. The summed E-state index contributed by atoms with van der Waals surface area (Å²) in [4.78, 5) is 0. The Morgan fingerprint density at radius 1 is 0.242 bits per heavy atom. The number of ether oxygens (including phenoxy) is 2. The van der Waals surface area contributed by atoms with Gasteiger partial charge in [-0.05, 0) is 180 Å². The number of benzene rings is 9. The third-order valence-corrected chi connectivity index (χ3v) is 13.9. The van der Waals surface area contributed by atoms with E-state index < -0.39 is 0 Å². The van der Waals surface area contributed by atoms with Gasteiger partial charge in [0.2, 0.25) is 0 Å². The molecule has 0 spiro atoms. The van der Waals surface area contributed by atoms with Gasteiger partial charge >= 0.3 is 0 Å². The van der Waals surface area contributed by atoms with Gasteiger partial charge in [0.25, 0.3) is 0 Å². The minimum atomic E-state index is -0.0333. The van der Waals surface area contributed by atoms with Gasteiger partial charge in [-0.3, -0.25) is 0 Å². The third kappa shape index (κ3) is 8.04. The van der Waals surface area contributed by atoms with Crippen molar-refractivity contribution in [2.45, 2.75) is 105 Å². The first kappa shape index (κ1) is 44.8. The molecule has 0 atom stereocenters. The molecule has 0 saturated carbocycles. The van der Waals surface area contributed by atoms with Crippen molar-refractivity contribution in [2.75, 3.05) is 14.2 Å². The Kier molecular flexibility index (Phi) is 11.0. The predicted octanol–water partition coefficient (Wildman–Crippen LogP) is 18.2. The Morgan fingerprint density at radius 3 is 0.621 bits per heavy atom. The molecule has 0 aliphatic carbocycles. The van der Waals surface area contributed by atoms with Crippen LogP contribution in [0.2, 0.25) is 0 Å². The monoisotopic (exact) mass is 867 g/mol. The molecule has 0 saturated heterocycles. The second-order valence-corrected chi connectivity index (χ2v) is 22.6. The summed E-state index contributed by atoms with van der Waals surface area (Å²) >= 11 is 0. The van der Waals surface area contributed by atoms with Crippen LogP contribution in [0, 0.1) is 0 Å². The number of hydrogen-bond acceptors (Lipinski definition) is 2. The fourth-order valence-corrected chi connectivity index (χ4v) is 9.87. The molecular formula is C64H66O2. The first-order valence-electron chi connectivity index (χ1n) is 23.6. The second kappa shape index (κ2) is 16.2. The quantitative estimate of drug-likeness (QED) is 0.155. The predicted molar refractivity (Wildman–Crippen MR) is 286 cm³/mol. The van der Waals surface area contributed by atoms with Gasteiger partial charge in [-0.2, -0.15) is 0 Å². The van der Waals surface area contributed by atoms with Crippen LogP contribution in [0.1, 0.15) is 105 Å². The van der Waals surface area contributed by atoms with Crippen LogP contribution in [0.3, 0.4) is 0 Å². The average Bonchev–Trinajstić information content (AvgIpc) is 3.29. The van der Waals surface area contributed by atoms with Crippen molar-refractivity contribution in [1.82, 2.24) is 0 Å². The van der Waals surface area contributed by atoms with Crippen molar-refractivity contribution >= 4 is 43.1 Å². The number of fused-ring (bicyclic) bond motifs is 6. The summed E-state index contributed by atoms with van der Waals surface area (Å²) < 4.78 is 11.4. The summed E-state index contributed by atoms with van der Waals surface area (Å²) in [6.07, 6.45) is 0. The molecule has 0 radical (unpaired) electrons. The van der Waals surface area contributed by atoms with E-state index in [9.17, 15) is 0 Å². The lowest BCUT2D eigenvalue weighted by molar-refractivity contribution is 0.415. The normalized spacial score (nSPS) is 12.7. The highest BCUT2D eigenvalue weighted by Crippen LogP contribution is 2.50. The van der Waals surface area contributed by atoms with E-state index in [4.69, 9.17) is 9.47 Å². The van der Waals surface area contributed by atoms with E-state index in [1.807, 2.05) is 0 Å². The highest BCUT2D eigenvalue weighted by atomic mass is 16.5. The van der Waals surface area contributed by atoms with Gasteiger partial charge in [-0.15, -0.1) is 0 Å². The molecule has 0 unspecified atom stereocenters. The standard InChI is InChI=1S/C64H66O2/c1-61(2,3)43-23-31-49-51-33-25-45(63(7,8)9)37-55(51)59(41-19-27-47(65-13)28-20-41)57(53(49)35-43)39-15-17-40(18-16-39)58-54-36-44(62(4,5)6)24-32-50(54)52-34-26-46(64(10,11)12)38-56(52)60(58)42-21-29-48(66-14)30-22-42/h15-38H,1-14H3. The SMILES string of the molecule is COc1ccc(-c2c(-c3ccc(-c4c(-c5ccc(OC)cc5)c5cc(C(C)(C)C)ccc5c5ccc(C(C)(C)C)cc45)cc3)c3cc(C(C)(C)C)ccc3c3ccc(C(C)(C)C)cc23)cc1. The first-order chi connectivity index (χ1) is 31.1. The van der Waals surface area contributed by atoms with Gasteiger partial charge in [0.1, 0.15) is 11.5 Å². The summed E-state index contributed by atoms with van der Waals surface area (Å²) in [5.41, 5.74) is 14.8. The fourth-order valence-electron chi connectivity index (χ4n) is 9.87. The fraction of sp³-hybridized carbons (Fsp3) is 0.281. The molecule has 66 heavy (non-hydrogen) atoms. The van der Waals surface area contributed by atoms with Crippen LogP contribution < -0.4 is 9.47 Å². The number of hydrogen-bond donors (Lipinski definition) is 0. The molecule has 0 fully saturated rings. The van der Waals surface area contributed by atoms with Crippen LogP contribution in [-0.4, -0.2) is 14.2 Å². The minimum Gasteiger partial charge on any atom is -0.497 e. The van der Waals surface area contributed by atoms with Crippen molar-refractivity contribution in [1.29, 1.82) is 0 Å². The van der Waals surface area contributed by atoms with Gasteiger partial charge in [-0.1, -0.05) is 180 Å². The molecule has 9 aromatic carbocycles. The molecule has 0 aliphatic heterocycles. The van der Waals surface area contributed by atoms with Crippen molar-refractivity contribution in [2.24, 2.45) is 0 Å². The molecule has 0 bridgehead atoms. The Bertz CT molecular complexity index is 3080. The van der Waals surface area contributed by atoms with E-state index in [2.05, 4.69) is 229 Å². The van der Waals surface area contributed by atoms with E-state index in [0.717, 1.165) is 11.5 Å². The summed E-state index contributed by atoms with van der Waals surface area (Å²) in [6.45, 7) is 27.7. The summed E-state index contributed by atoms with van der Waals surface area (Å²) in [5.74, 6) is 1.69. The maximum atomic E-state index is 5.70. The maximum Gasteiger partial charge on any atom is 0.118 e. The zero-order chi connectivity index (χ0) is 47.1. The highest BCUT2D eigenvalue weighted by molar-refractivity contribution is 6.23. The molecule has 0 amide bonds. The molecule has 334 valence electrons. The van der Waals surface area contributed by atoms with Gasteiger partial charge in [-0.25, -0.2) is 0 Å². The summed E-state index contributed by atoms with van der Waals surface area (Å²) in [7, 11) is 3.48. The molecule has 0 N–H and O–H groups in total. The van der Waals surface area contributed by atoms with Crippen molar-refractivity contribution < 1.29 is 9.47 Å². The largest absolute Gasteiger partial charge is 0.497 e.